The maximum Gasteiger partial charge on any atom is 0.294 e. The summed E-state index contributed by atoms with van der Waals surface area (Å²) < 4.78 is 11.3. The molecule has 1 aromatic heterocycles. The molecule has 0 spiro atoms. The van der Waals surface area contributed by atoms with E-state index in [4.69, 9.17) is 9.15 Å². The Labute approximate surface area is 174 Å². The number of rotatable bonds is 6. The predicted molar refractivity (Wildman–Crippen MR) is 117 cm³/mol. The number of hydrogen-bond acceptors (Lipinski definition) is 4. The largest absolute Gasteiger partial charge is 0.494 e. The topological polar surface area (TPSA) is 59.8 Å². The second-order valence-electron chi connectivity index (χ2n) is 6.77. The summed E-state index contributed by atoms with van der Waals surface area (Å²) in [6, 6.07) is 25.1. The van der Waals surface area contributed by atoms with Gasteiger partial charge in [0.25, 0.3) is 5.91 Å². The lowest BCUT2D eigenvalue weighted by Crippen LogP contribution is -2.31. The van der Waals surface area contributed by atoms with Crippen LogP contribution < -0.4 is 15.1 Å². The average Bonchev–Trinajstić information content (AvgIpc) is 2.78. The summed E-state index contributed by atoms with van der Waals surface area (Å²) in [6.45, 7) is 2.82. The number of carbonyl (C=O) groups is 1. The van der Waals surface area contributed by atoms with Gasteiger partial charge >= 0.3 is 0 Å². The molecular weight excluding hydrogens is 378 g/mol. The average molecular weight is 399 g/mol. The van der Waals surface area contributed by atoms with Gasteiger partial charge in [0.15, 0.2) is 11.2 Å². The van der Waals surface area contributed by atoms with Crippen LogP contribution in [0, 0.1) is 0 Å². The number of carbonyl (C=O) groups excluding carboxylic acids is 1. The molecule has 0 aliphatic carbocycles. The summed E-state index contributed by atoms with van der Waals surface area (Å²) in [5.41, 5.74) is 1.79. The quantitative estimate of drug-likeness (QED) is 0.456. The molecule has 3 aromatic carbocycles. The van der Waals surface area contributed by atoms with Crippen LogP contribution in [0.4, 0.5) is 5.69 Å². The standard InChI is InChI=1S/C25H21NO4/c1-2-29-20-14-12-19(13-15-20)26(17-18-8-4-3-5-9-18)25(28)24-16-22(27)21-10-6-7-11-23(21)30-24/h3-16H,2,17H2,1H3. The molecule has 0 saturated heterocycles. The minimum Gasteiger partial charge on any atom is -0.494 e. The zero-order chi connectivity index (χ0) is 20.9. The molecule has 0 fully saturated rings. The Morgan fingerprint density at radius 3 is 2.37 bits per heavy atom. The molecule has 4 rings (SSSR count). The van der Waals surface area contributed by atoms with E-state index in [2.05, 4.69) is 0 Å². The minimum atomic E-state index is -0.383. The van der Waals surface area contributed by atoms with Crippen molar-refractivity contribution >= 4 is 22.6 Å². The maximum absolute atomic E-state index is 13.4. The van der Waals surface area contributed by atoms with Crippen LogP contribution in [0.15, 0.2) is 94.1 Å². The number of benzene rings is 3. The molecule has 1 amide bonds. The van der Waals surface area contributed by atoms with E-state index in [1.807, 2.05) is 61.5 Å². The Morgan fingerprint density at radius 1 is 0.933 bits per heavy atom. The van der Waals surface area contributed by atoms with E-state index in [0.717, 1.165) is 11.3 Å². The van der Waals surface area contributed by atoms with Gasteiger partial charge in [-0.05, 0) is 48.9 Å². The third-order valence-corrected chi connectivity index (χ3v) is 4.73. The summed E-state index contributed by atoms with van der Waals surface area (Å²) in [4.78, 5) is 27.5. The highest BCUT2D eigenvalue weighted by Gasteiger charge is 2.22. The first kappa shape index (κ1) is 19.5. The van der Waals surface area contributed by atoms with Gasteiger partial charge in [-0.15, -0.1) is 0 Å². The van der Waals surface area contributed by atoms with Crippen LogP contribution in [0.25, 0.3) is 11.0 Å². The highest BCUT2D eigenvalue weighted by atomic mass is 16.5. The van der Waals surface area contributed by atoms with Gasteiger partial charge in [-0.2, -0.15) is 0 Å². The SMILES string of the molecule is CCOc1ccc(N(Cc2ccccc2)C(=O)c2cc(=O)c3ccccc3o2)cc1. The summed E-state index contributed by atoms with van der Waals surface area (Å²) in [7, 11) is 0. The summed E-state index contributed by atoms with van der Waals surface area (Å²) in [5, 5.41) is 0.449. The van der Waals surface area contributed by atoms with Gasteiger partial charge < -0.3 is 14.1 Å². The van der Waals surface area contributed by atoms with Gasteiger partial charge in [0.05, 0.1) is 18.5 Å². The lowest BCUT2D eigenvalue weighted by atomic mass is 10.1. The fourth-order valence-corrected chi connectivity index (χ4v) is 3.28. The van der Waals surface area contributed by atoms with Crippen molar-refractivity contribution < 1.29 is 13.9 Å². The number of anilines is 1. The zero-order valence-corrected chi connectivity index (χ0v) is 16.6. The fraction of sp³-hybridized carbons (Fsp3) is 0.120. The predicted octanol–water partition coefficient (Wildman–Crippen LogP) is 5.04. The first-order chi connectivity index (χ1) is 14.7. The zero-order valence-electron chi connectivity index (χ0n) is 16.6. The Kier molecular flexibility index (Phi) is 5.61. The second kappa shape index (κ2) is 8.66. The third kappa shape index (κ3) is 4.10. The fourth-order valence-electron chi connectivity index (χ4n) is 3.28. The Morgan fingerprint density at radius 2 is 1.63 bits per heavy atom. The van der Waals surface area contributed by atoms with E-state index in [1.54, 1.807) is 29.2 Å². The highest BCUT2D eigenvalue weighted by molar-refractivity contribution is 6.04. The van der Waals surface area contributed by atoms with Crippen LogP contribution in [0.2, 0.25) is 0 Å². The first-order valence-electron chi connectivity index (χ1n) is 9.77. The van der Waals surface area contributed by atoms with E-state index >= 15 is 0 Å². The van der Waals surface area contributed by atoms with Gasteiger partial charge in [0, 0.05) is 11.8 Å². The van der Waals surface area contributed by atoms with E-state index in [1.165, 1.54) is 6.07 Å². The van der Waals surface area contributed by atoms with Crippen LogP contribution in [-0.2, 0) is 6.54 Å². The number of amides is 1. The van der Waals surface area contributed by atoms with Crippen molar-refractivity contribution in [2.75, 3.05) is 11.5 Å². The van der Waals surface area contributed by atoms with Crippen LogP contribution in [0.3, 0.4) is 0 Å². The van der Waals surface area contributed by atoms with Crippen molar-refractivity contribution in [2.24, 2.45) is 0 Å². The molecule has 5 heteroatoms. The lowest BCUT2D eigenvalue weighted by molar-refractivity contribution is 0.0959. The molecule has 0 atom stereocenters. The first-order valence-corrected chi connectivity index (χ1v) is 9.77. The molecule has 5 nitrogen and oxygen atoms in total. The van der Waals surface area contributed by atoms with Gasteiger partial charge in [-0.25, -0.2) is 0 Å². The van der Waals surface area contributed by atoms with Crippen LogP contribution in [0.1, 0.15) is 23.0 Å². The van der Waals surface area contributed by atoms with Crippen molar-refractivity contribution in [3.63, 3.8) is 0 Å². The van der Waals surface area contributed by atoms with Crippen LogP contribution >= 0.6 is 0 Å². The molecule has 0 aliphatic rings. The number of fused-ring (bicyclic) bond motifs is 1. The number of para-hydroxylation sites is 1. The van der Waals surface area contributed by atoms with Crippen LogP contribution in [-0.4, -0.2) is 12.5 Å². The Bertz CT molecular complexity index is 1210. The summed E-state index contributed by atoms with van der Waals surface area (Å²) in [5.74, 6) is 0.347. The van der Waals surface area contributed by atoms with Gasteiger partial charge in [0.2, 0.25) is 0 Å². The molecule has 150 valence electrons. The molecule has 0 radical (unpaired) electrons. The van der Waals surface area contributed by atoms with E-state index < -0.39 is 0 Å². The number of hydrogen-bond donors (Lipinski definition) is 0. The van der Waals surface area contributed by atoms with E-state index in [0.29, 0.717) is 29.8 Å². The molecular formula is C25H21NO4. The second-order valence-corrected chi connectivity index (χ2v) is 6.77. The van der Waals surface area contributed by atoms with Crippen molar-refractivity contribution in [1.82, 2.24) is 0 Å². The number of nitrogens with zero attached hydrogens (tertiary/aromatic N) is 1. The Balaban J connectivity index is 1.74. The summed E-state index contributed by atoms with van der Waals surface area (Å²) >= 11 is 0. The van der Waals surface area contributed by atoms with E-state index in [-0.39, 0.29) is 17.1 Å². The van der Waals surface area contributed by atoms with Gasteiger partial charge in [0.1, 0.15) is 11.3 Å². The van der Waals surface area contributed by atoms with E-state index in [9.17, 15) is 9.59 Å². The minimum absolute atomic E-state index is 0.00326. The van der Waals surface area contributed by atoms with Crippen LogP contribution in [0.5, 0.6) is 5.75 Å². The van der Waals surface area contributed by atoms with Crippen molar-refractivity contribution in [3.05, 3.63) is 106 Å². The monoisotopic (exact) mass is 399 g/mol. The summed E-state index contributed by atoms with van der Waals surface area (Å²) in [6.07, 6.45) is 0. The highest BCUT2D eigenvalue weighted by Crippen LogP contribution is 2.24. The van der Waals surface area contributed by atoms with Crippen molar-refractivity contribution in [1.29, 1.82) is 0 Å². The molecule has 4 aromatic rings. The lowest BCUT2D eigenvalue weighted by Gasteiger charge is -2.23. The Hall–Kier alpha value is -3.86. The normalized spacial score (nSPS) is 10.7. The van der Waals surface area contributed by atoms with Crippen molar-refractivity contribution in [2.45, 2.75) is 13.5 Å². The molecule has 0 unspecified atom stereocenters. The molecule has 1 heterocycles. The smallest absolute Gasteiger partial charge is 0.294 e. The van der Waals surface area contributed by atoms with Gasteiger partial charge in [-0.3, -0.25) is 9.59 Å². The molecule has 30 heavy (non-hydrogen) atoms. The molecule has 0 saturated carbocycles. The van der Waals surface area contributed by atoms with Crippen molar-refractivity contribution in [3.8, 4) is 5.75 Å². The molecule has 0 bridgehead atoms. The van der Waals surface area contributed by atoms with Gasteiger partial charge in [-0.1, -0.05) is 42.5 Å². The molecule has 0 N–H and O–H groups in total. The molecule has 0 aliphatic heterocycles. The third-order valence-electron chi connectivity index (χ3n) is 4.73. The number of ether oxygens (including phenoxy) is 1. The maximum atomic E-state index is 13.4.